The van der Waals surface area contributed by atoms with E-state index >= 15 is 0 Å². The Morgan fingerprint density at radius 2 is 1.61 bits per heavy atom. The molecule has 3 aromatic rings. The topological polar surface area (TPSA) is 96.2 Å². The molecule has 0 radical (unpaired) electrons. The molecule has 160 valence electrons. The summed E-state index contributed by atoms with van der Waals surface area (Å²) < 4.78 is 1.77. The Morgan fingerprint density at radius 3 is 2.23 bits per heavy atom. The highest BCUT2D eigenvalue weighted by molar-refractivity contribution is 5.96. The van der Waals surface area contributed by atoms with Gasteiger partial charge in [-0.3, -0.25) is 9.59 Å². The highest BCUT2D eigenvalue weighted by Gasteiger charge is 2.22. The molecular weight excluding hydrogens is 394 g/mol. The first-order valence-corrected chi connectivity index (χ1v) is 10.2. The molecule has 1 fully saturated rings. The average molecular weight is 419 g/mol. The van der Waals surface area contributed by atoms with Crippen molar-refractivity contribution in [2.24, 2.45) is 0 Å². The zero-order valence-corrected chi connectivity index (χ0v) is 17.7. The number of aromatic nitrogens is 4. The van der Waals surface area contributed by atoms with Crippen LogP contribution in [0.1, 0.15) is 21.7 Å². The molecule has 0 bridgehead atoms. The van der Waals surface area contributed by atoms with Gasteiger partial charge in [0.05, 0.1) is 12.2 Å². The maximum Gasteiger partial charge on any atom is 0.251 e. The number of rotatable bonds is 5. The molecule has 2 aromatic heterocycles. The number of nitrogens with zero attached hydrogens (tertiary/aromatic N) is 6. The van der Waals surface area contributed by atoms with Crippen LogP contribution in [0.15, 0.2) is 48.5 Å². The number of carbonyl (C=O) groups excluding carboxylic acids is 2. The van der Waals surface area contributed by atoms with E-state index in [1.54, 1.807) is 33.8 Å². The summed E-state index contributed by atoms with van der Waals surface area (Å²) in [6.45, 7) is 6.37. The fraction of sp³-hybridized carbons (Fsp3) is 0.318. The Bertz CT molecular complexity index is 1060. The van der Waals surface area contributed by atoms with Crippen molar-refractivity contribution in [3.8, 4) is 5.82 Å². The zero-order valence-electron chi connectivity index (χ0n) is 17.7. The van der Waals surface area contributed by atoms with Gasteiger partial charge in [0.25, 0.3) is 5.91 Å². The Kier molecular flexibility index (Phi) is 5.92. The quantitative estimate of drug-likeness (QED) is 0.671. The van der Waals surface area contributed by atoms with E-state index in [0.29, 0.717) is 37.6 Å². The second-order valence-corrected chi connectivity index (χ2v) is 7.51. The van der Waals surface area contributed by atoms with Crippen LogP contribution in [0.3, 0.4) is 0 Å². The smallest absolute Gasteiger partial charge is 0.251 e. The van der Waals surface area contributed by atoms with E-state index < -0.39 is 0 Å². The predicted molar refractivity (Wildman–Crippen MR) is 116 cm³/mol. The van der Waals surface area contributed by atoms with Gasteiger partial charge < -0.3 is 15.1 Å². The van der Waals surface area contributed by atoms with Crippen LogP contribution < -0.4 is 10.2 Å². The van der Waals surface area contributed by atoms with E-state index in [1.165, 1.54) is 0 Å². The number of anilines is 1. The molecule has 31 heavy (non-hydrogen) atoms. The SMILES string of the molecule is Cc1cc(C)n(-c2ccc(N3CCN(C(=O)CNC(=O)c4ccccc4)CC3)nn2)n1. The lowest BCUT2D eigenvalue weighted by Gasteiger charge is -2.35. The van der Waals surface area contributed by atoms with E-state index in [0.717, 1.165) is 17.2 Å². The standard InChI is InChI=1S/C22H25N7O2/c1-16-14-17(2)29(26-16)20-9-8-19(24-25-20)27-10-12-28(13-11-27)21(30)15-23-22(31)18-6-4-3-5-7-18/h3-9,14H,10-13,15H2,1-2H3,(H,23,31). The molecule has 1 aromatic carbocycles. The number of nitrogens with one attached hydrogen (secondary N) is 1. The first-order valence-electron chi connectivity index (χ1n) is 10.2. The first kappa shape index (κ1) is 20.5. The zero-order chi connectivity index (χ0) is 21.8. The van der Waals surface area contributed by atoms with Gasteiger partial charge in [-0.1, -0.05) is 18.2 Å². The Labute approximate surface area is 180 Å². The predicted octanol–water partition coefficient (Wildman–Crippen LogP) is 1.36. The van der Waals surface area contributed by atoms with Crippen LogP contribution in [0.2, 0.25) is 0 Å². The Hall–Kier alpha value is -3.75. The van der Waals surface area contributed by atoms with Gasteiger partial charge in [-0.05, 0) is 44.2 Å². The fourth-order valence-electron chi connectivity index (χ4n) is 3.60. The van der Waals surface area contributed by atoms with Crippen molar-refractivity contribution >= 4 is 17.6 Å². The van der Waals surface area contributed by atoms with Crippen molar-refractivity contribution in [2.75, 3.05) is 37.6 Å². The van der Waals surface area contributed by atoms with Gasteiger partial charge in [-0.25, -0.2) is 4.68 Å². The maximum atomic E-state index is 12.5. The molecule has 1 N–H and O–H groups in total. The molecule has 0 spiro atoms. The normalized spacial score (nSPS) is 13.9. The first-order chi connectivity index (χ1) is 15.0. The third kappa shape index (κ3) is 4.71. The number of benzene rings is 1. The number of hydrogen-bond donors (Lipinski definition) is 1. The summed E-state index contributed by atoms with van der Waals surface area (Å²) >= 11 is 0. The van der Waals surface area contributed by atoms with Gasteiger partial charge in [0, 0.05) is 37.4 Å². The largest absolute Gasteiger partial charge is 0.352 e. The second kappa shape index (κ2) is 8.95. The van der Waals surface area contributed by atoms with Crippen molar-refractivity contribution < 1.29 is 9.59 Å². The molecule has 1 aliphatic heterocycles. The van der Waals surface area contributed by atoms with Crippen LogP contribution >= 0.6 is 0 Å². The van der Waals surface area contributed by atoms with Gasteiger partial charge >= 0.3 is 0 Å². The molecule has 0 unspecified atom stereocenters. The molecule has 4 rings (SSSR count). The summed E-state index contributed by atoms with van der Waals surface area (Å²) in [6.07, 6.45) is 0. The lowest BCUT2D eigenvalue weighted by atomic mass is 10.2. The van der Waals surface area contributed by atoms with Crippen LogP contribution in [-0.4, -0.2) is 69.4 Å². The third-order valence-corrected chi connectivity index (χ3v) is 5.26. The molecular formula is C22H25N7O2. The fourth-order valence-corrected chi connectivity index (χ4v) is 3.60. The van der Waals surface area contributed by atoms with Crippen LogP contribution in [0.4, 0.5) is 5.82 Å². The molecule has 0 aliphatic carbocycles. The Balaban J connectivity index is 1.28. The summed E-state index contributed by atoms with van der Waals surface area (Å²) in [5, 5.41) is 15.8. The molecule has 1 aliphatic rings. The van der Waals surface area contributed by atoms with E-state index in [-0.39, 0.29) is 18.4 Å². The van der Waals surface area contributed by atoms with Gasteiger partial charge in [0.1, 0.15) is 0 Å². The molecule has 1 saturated heterocycles. The molecule has 2 amide bonds. The van der Waals surface area contributed by atoms with Crippen molar-refractivity contribution in [3.63, 3.8) is 0 Å². The molecule has 0 saturated carbocycles. The highest BCUT2D eigenvalue weighted by Crippen LogP contribution is 2.15. The van der Waals surface area contributed by atoms with Crippen molar-refractivity contribution in [3.05, 3.63) is 65.5 Å². The molecule has 3 heterocycles. The summed E-state index contributed by atoms with van der Waals surface area (Å²) in [6, 6.07) is 14.7. The minimum atomic E-state index is -0.245. The monoisotopic (exact) mass is 419 g/mol. The maximum absolute atomic E-state index is 12.5. The summed E-state index contributed by atoms with van der Waals surface area (Å²) in [5.74, 6) is 1.12. The van der Waals surface area contributed by atoms with Crippen molar-refractivity contribution in [1.29, 1.82) is 0 Å². The third-order valence-electron chi connectivity index (χ3n) is 5.26. The average Bonchev–Trinajstić information content (AvgIpc) is 3.15. The van der Waals surface area contributed by atoms with Gasteiger partial charge in [0.15, 0.2) is 11.6 Å². The Morgan fingerprint density at radius 1 is 0.935 bits per heavy atom. The second-order valence-electron chi connectivity index (χ2n) is 7.51. The number of amides is 2. The minimum absolute atomic E-state index is 0.00906. The number of piperazine rings is 1. The van der Waals surface area contributed by atoms with Gasteiger partial charge in [-0.2, -0.15) is 5.10 Å². The summed E-state index contributed by atoms with van der Waals surface area (Å²) in [5.41, 5.74) is 2.48. The number of hydrogen-bond acceptors (Lipinski definition) is 6. The lowest BCUT2D eigenvalue weighted by Crippen LogP contribution is -2.51. The van der Waals surface area contributed by atoms with Crippen LogP contribution in [0, 0.1) is 13.8 Å². The molecule has 9 heteroatoms. The number of carbonyl (C=O) groups is 2. The van der Waals surface area contributed by atoms with E-state index in [4.69, 9.17) is 0 Å². The lowest BCUT2D eigenvalue weighted by molar-refractivity contribution is -0.130. The van der Waals surface area contributed by atoms with E-state index in [2.05, 4.69) is 25.5 Å². The minimum Gasteiger partial charge on any atom is -0.352 e. The van der Waals surface area contributed by atoms with Crippen LogP contribution in [0.25, 0.3) is 5.82 Å². The van der Waals surface area contributed by atoms with E-state index in [9.17, 15) is 9.59 Å². The van der Waals surface area contributed by atoms with Crippen molar-refractivity contribution in [2.45, 2.75) is 13.8 Å². The van der Waals surface area contributed by atoms with E-state index in [1.807, 2.05) is 38.1 Å². The summed E-state index contributed by atoms with van der Waals surface area (Å²) in [4.78, 5) is 28.4. The van der Waals surface area contributed by atoms with Crippen LogP contribution in [-0.2, 0) is 4.79 Å². The van der Waals surface area contributed by atoms with Crippen molar-refractivity contribution in [1.82, 2.24) is 30.2 Å². The molecule has 0 atom stereocenters. The summed E-state index contributed by atoms with van der Waals surface area (Å²) in [7, 11) is 0. The van der Waals surface area contributed by atoms with Gasteiger partial charge in [-0.15, -0.1) is 10.2 Å². The highest BCUT2D eigenvalue weighted by atomic mass is 16.2. The van der Waals surface area contributed by atoms with Gasteiger partial charge in [0.2, 0.25) is 5.91 Å². The molecule has 9 nitrogen and oxygen atoms in total. The van der Waals surface area contributed by atoms with Crippen LogP contribution in [0.5, 0.6) is 0 Å². The number of aryl methyl sites for hydroxylation is 2.